The highest BCUT2D eigenvalue weighted by molar-refractivity contribution is 14.0. The lowest BCUT2D eigenvalue weighted by atomic mass is 10.2. The number of nitrogens with one attached hydrogen (secondary N) is 2. The Morgan fingerprint density at radius 1 is 1.43 bits per heavy atom. The van der Waals surface area contributed by atoms with E-state index in [4.69, 9.17) is 10.5 Å². The summed E-state index contributed by atoms with van der Waals surface area (Å²) >= 11 is 0. The predicted molar refractivity (Wildman–Crippen MR) is 100 cm³/mol. The Labute approximate surface area is 154 Å². The fourth-order valence-electron chi connectivity index (χ4n) is 1.83. The van der Waals surface area contributed by atoms with Crippen molar-refractivity contribution in [2.24, 2.45) is 10.7 Å². The smallest absolute Gasteiger partial charge is 0.240 e. The van der Waals surface area contributed by atoms with E-state index in [1.807, 2.05) is 6.07 Å². The van der Waals surface area contributed by atoms with E-state index in [0.29, 0.717) is 25.2 Å². The molecule has 1 aliphatic carbocycles. The number of nitrogens with zero attached hydrogens (tertiary/aromatic N) is 1. The van der Waals surface area contributed by atoms with Crippen molar-refractivity contribution in [2.45, 2.75) is 30.3 Å². The van der Waals surface area contributed by atoms with Crippen molar-refractivity contribution in [3.63, 3.8) is 0 Å². The molecule has 0 amide bonds. The van der Waals surface area contributed by atoms with Crippen molar-refractivity contribution < 1.29 is 13.2 Å². The highest BCUT2D eigenvalue weighted by Crippen LogP contribution is 2.18. The van der Waals surface area contributed by atoms with Gasteiger partial charge in [-0.25, -0.2) is 18.1 Å². The summed E-state index contributed by atoms with van der Waals surface area (Å²) in [6.07, 6.45) is 2.24. The normalized spacial score (nSPS) is 15.1. The van der Waals surface area contributed by atoms with Gasteiger partial charge in [0.2, 0.25) is 10.0 Å². The van der Waals surface area contributed by atoms with Crippen molar-refractivity contribution in [2.75, 3.05) is 20.3 Å². The van der Waals surface area contributed by atoms with Crippen LogP contribution in [-0.4, -0.2) is 40.7 Å². The SMILES string of the molecule is COCCNS(=O)(=O)c1cccc(CN=C(N)NC2CC2)c1.I. The Kier molecular flexibility index (Phi) is 8.23. The lowest BCUT2D eigenvalue weighted by Gasteiger charge is -2.08. The lowest BCUT2D eigenvalue weighted by molar-refractivity contribution is 0.204. The van der Waals surface area contributed by atoms with Gasteiger partial charge in [0, 0.05) is 19.7 Å². The van der Waals surface area contributed by atoms with Crippen LogP contribution in [0.15, 0.2) is 34.2 Å². The van der Waals surface area contributed by atoms with Crippen LogP contribution in [0.3, 0.4) is 0 Å². The van der Waals surface area contributed by atoms with E-state index in [1.54, 1.807) is 18.2 Å². The molecule has 1 aromatic carbocycles. The van der Waals surface area contributed by atoms with Gasteiger partial charge in [0.25, 0.3) is 0 Å². The Morgan fingerprint density at radius 2 is 2.17 bits per heavy atom. The molecular weight excluding hydrogens is 431 g/mol. The van der Waals surface area contributed by atoms with Crippen molar-refractivity contribution >= 4 is 40.0 Å². The zero-order chi connectivity index (χ0) is 16.0. The first kappa shape index (κ1) is 20.1. The van der Waals surface area contributed by atoms with Gasteiger partial charge < -0.3 is 15.8 Å². The molecule has 1 aliphatic rings. The standard InChI is InChI=1S/C14H22N4O3S.HI/c1-21-8-7-17-22(19,20)13-4-2-3-11(9-13)10-16-14(15)18-12-5-6-12;/h2-4,9,12,17H,5-8,10H2,1H3,(H3,15,16,18);1H. The van der Waals surface area contributed by atoms with Crippen LogP contribution in [-0.2, 0) is 21.3 Å². The molecule has 23 heavy (non-hydrogen) atoms. The zero-order valence-corrected chi connectivity index (χ0v) is 16.1. The summed E-state index contributed by atoms with van der Waals surface area (Å²) in [6, 6.07) is 7.11. The topological polar surface area (TPSA) is 106 Å². The minimum atomic E-state index is -3.53. The second kappa shape index (κ2) is 9.40. The van der Waals surface area contributed by atoms with Crippen LogP contribution in [0, 0.1) is 0 Å². The molecule has 0 saturated heterocycles. The minimum absolute atomic E-state index is 0. The van der Waals surface area contributed by atoms with Gasteiger partial charge in [-0.2, -0.15) is 0 Å². The molecule has 0 aliphatic heterocycles. The third-order valence-electron chi connectivity index (χ3n) is 3.17. The molecule has 1 saturated carbocycles. The number of aliphatic imine (C=N–C) groups is 1. The first-order chi connectivity index (χ1) is 10.5. The van der Waals surface area contributed by atoms with Gasteiger partial charge in [-0.15, -0.1) is 24.0 Å². The molecule has 130 valence electrons. The van der Waals surface area contributed by atoms with Gasteiger partial charge in [-0.05, 0) is 30.5 Å². The molecule has 4 N–H and O–H groups in total. The molecule has 0 heterocycles. The lowest BCUT2D eigenvalue weighted by Crippen LogP contribution is -2.33. The number of nitrogens with two attached hydrogens (primary N) is 1. The van der Waals surface area contributed by atoms with Crippen molar-refractivity contribution in [1.29, 1.82) is 0 Å². The number of hydrogen-bond donors (Lipinski definition) is 3. The Hall–Kier alpha value is -0.910. The Balaban J connectivity index is 0.00000264. The van der Waals surface area contributed by atoms with Gasteiger partial charge >= 0.3 is 0 Å². The molecule has 0 atom stereocenters. The molecule has 2 rings (SSSR count). The van der Waals surface area contributed by atoms with E-state index < -0.39 is 10.0 Å². The summed E-state index contributed by atoms with van der Waals surface area (Å²) in [7, 11) is -2.01. The predicted octanol–water partition coefficient (Wildman–Crippen LogP) is 0.796. The summed E-state index contributed by atoms with van der Waals surface area (Å²) in [5.74, 6) is 0.397. The van der Waals surface area contributed by atoms with Crippen molar-refractivity contribution in [3.8, 4) is 0 Å². The Morgan fingerprint density at radius 3 is 2.83 bits per heavy atom. The highest BCUT2D eigenvalue weighted by atomic mass is 127. The minimum Gasteiger partial charge on any atom is -0.383 e. The maximum Gasteiger partial charge on any atom is 0.240 e. The largest absolute Gasteiger partial charge is 0.383 e. The molecule has 0 radical (unpaired) electrons. The number of sulfonamides is 1. The van der Waals surface area contributed by atoms with Crippen LogP contribution in [0.5, 0.6) is 0 Å². The number of benzene rings is 1. The Bertz CT molecular complexity index is 633. The van der Waals surface area contributed by atoms with Crippen LogP contribution < -0.4 is 15.8 Å². The number of ether oxygens (including phenoxy) is 1. The summed E-state index contributed by atoms with van der Waals surface area (Å²) in [5.41, 5.74) is 6.55. The third kappa shape index (κ3) is 7.02. The maximum atomic E-state index is 12.1. The van der Waals surface area contributed by atoms with Gasteiger partial charge in [0.05, 0.1) is 18.0 Å². The van der Waals surface area contributed by atoms with Crippen LogP contribution in [0.2, 0.25) is 0 Å². The average molecular weight is 454 g/mol. The quantitative estimate of drug-likeness (QED) is 0.233. The zero-order valence-electron chi connectivity index (χ0n) is 13.0. The number of rotatable bonds is 8. The van der Waals surface area contributed by atoms with Crippen molar-refractivity contribution in [3.05, 3.63) is 29.8 Å². The first-order valence-corrected chi connectivity index (χ1v) is 8.63. The second-order valence-electron chi connectivity index (χ2n) is 5.16. The van der Waals surface area contributed by atoms with Gasteiger partial charge in [-0.3, -0.25) is 0 Å². The fourth-order valence-corrected chi connectivity index (χ4v) is 2.91. The molecular formula is C14H23IN4O3S. The van der Waals surface area contributed by atoms with E-state index in [9.17, 15) is 8.42 Å². The second-order valence-corrected chi connectivity index (χ2v) is 6.93. The maximum absolute atomic E-state index is 12.1. The molecule has 9 heteroatoms. The van der Waals surface area contributed by atoms with E-state index in [0.717, 1.165) is 18.4 Å². The van der Waals surface area contributed by atoms with E-state index >= 15 is 0 Å². The third-order valence-corrected chi connectivity index (χ3v) is 4.63. The molecule has 0 unspecified atom stereocenters. The molecule has 7 nitrogen and oxygen atoms in total. The van der Waals surface area contributed by atoms with Crippen LogP contribution in [0.25, 0.3) is 0 Å². The van der Waals surface area contributed by atoms with E-state index in [2.05, 4.69) is 15.0 Å². The van der Waals surface area contributed by atoms with Crippen LogP contribution in [0.4, 0.5) is 0 Å². The number of hydrogen-bond acceptors (Lipinski definition) is 4. The summed E-state index contributed by atoms with van der Waals surface area (Å²) < 4.78 is 31.5. The first-order valence-electron chi connectivity index (χ1n) is 7.15. The monoisotopic (exact) mass is 454 g/mol. The van der Waals surface area contributed by atoms with Gasteiger partial charge in [-0.1, -0.05) is 12.1 Å². The fraction of sp³-hybridized carbons (Fsp3) is 0.500. The summed E-state index contributed by atoms with van der Waals surface area (Å²) in [6.45, 7) is 0.902. The van der Waals surface area contributed by atoms with Crippen molar-refractivity contribution in [1.82, 2.24) is 10.0 Å². The average Bonchev–Trinajstić information content (AvgIpc) is 3.29. The van der Waals surface area contributed by atoms with E-state index in [1.165, 1.54) is 7.11 Å². The van der Waals surface area contributed by atoms with Gasteiger partial charge in [0.15, 0.2) is 5.96 Å². The molecule has 0 spiro atoms. The van der Waals surface area contributed by atoms with E-state index in [-0.39, 0.29) is 35.4 Å². The number of methoxy groups -OCH3 is 1. The summed E-state index contributed by atoms with van der Waals surface area (Å²) in [4.78, 5) is 4.43. The summed E-state index contributed by atoms with van der Waals surface area (Å²) in [5, 5.41) is 3.09. The number of guanidine groups is 1. The highest BCUT2D eigenvalue weighted by Gasteiger charge is 2.21. The van der Waals surface area contributed by atoms with Crippen LogP contribution in [0.1, 0.15) is 18.4 Å². The molecule has 0 bridgehead atoms. The molecule has 1 aromatic rings. The molecule has 0 aromatic heterocycles. The number of halogens is 1. The van der Waals surface area contributed by atoms with Gasteiger partial charge in [0.1, 0.15) is 0 Å². The molecule has 1 fully saturated rings. The van der Waals surface area contributed by atoms with Crippen LogP contribution >= 0.6 is 24.0 Å².